The maximum Gasteiger partial charge on any atom is 0.393 e. The number of hydrogen-bond acceptors (Lipinski definition) is 2. The van der Waals surface area contributed by atoms with Crippen LogP contribution in [0.25, 0.3) is 0 Å². The predicted octanol–water partition coefficient (Wildman–Crippen LogP) is 4.28. The zero-order chi connectivity index (χ0) is 15.5. The van der Waals surface area contributed by atoms with Crippen LogP contribution in [-0.2, 0) is 6.54 Å². The Morgan fingerprint density at radius 3 is 2.48 bits per heavy atom. The Labute approximate surface area is 124 Å². The lowest BCUT2D eigenvalue weighted by molar-refractivity contribution is -0.184. The largest absolute Gasteiger partial charge is 0.393 e. The van der Waals surface area contributed by atoms with Gasteiger partial charge in [-0.05, 0) is 38.6 Å². The Bertz CT molecular complexity index is 457. The monoisotopic (exact) mass is 300 g/mol. The van der Waals surface area contributed by atoms with E-state index < -0.39 is 18.1 Å². The third-order valence-corrected chi connectivity index (χ3v) is 4.03. The van der Waals surface area contributed by atoms with Crippen LogP contribution in [0.3, 0.4) is 0 Å². The Morgan fingerprint density at radius 2 is 1.81 bits per heavy atom. The first-order valence-electron chi connectivity index (χ1n) is 7.44. The number of nitrogens with one attached hydrogen (secondary N) is 1. The summed E-state index contributed by atoms with van der Waals surface area (Å²) in [5.74, 6) is -1.24. The number of alkyl halides is 3. The Morgan fingerprint density at radius 1 is 1.14 bits per heavy atom. The van der Waals surface area contributed by atoms with Crippen LogP contribution in [0.5, 0.6) is 0 Å². The zero-order valence-electron chi connectivity index (χ0n) is 12.6. The molecule has 0 bridgehead atoms. The van der Waals surface area contributed by atoms with Gasteiger partial charge in [0.25, 0.3) is 0 Å². The van der Waals surface area contributed by atoms with Crippen LogP contribution in [0, 0.1) is 5.92 Å². The van der Waals surface area contributed by atoms with E-state index in [1.54, 1.807) is 0 Å². The highest BCUT2D eigenvalue weighted by Crippen LogP contribution is 2.39. The fourth-order valence-electron chi connectivity index (χ4n) is 3.03. The van der Waals surface area contributed by atoms with Crippen molar-refractivity contribution in [2.75, 3.05) is 19.4 Å². The van der Waals surface area contributed by atoms with Gasteiger partial charge in [0.2, 0.25) is 0 Å². The molecule has 2 rings (SSSR count). The molecule has 0 spiro atoms. The molecular formula is C16H23F3N2. The fraction of sp³-hybridized carbons (Fsp3) is 0.625. The van der Waals surface area contributed by atoms with E-state index in [2.05, 4.69) is 5.32 Å². The SMILES string of the molecule is CN(C)Cc1ccccc1NC1CCCCC1C(F)(F)F. The first-order valence-corrected chi connectivity index (χ1v) is 7.44. The van der Waals surface area contributed by atoms with Gasteiger partial charge >= 0.3 is 6.18 Å². The molecule has 0 aliphatic heterocycles. The summed E-state index contributed by atoms with van der Waals surface area (Å²) < 4.78 is 39.5. The Hall–Kier alpha value is -1.23. The number of rotatable bonds is 4. The van der Waals surface area contributed by atoms with Crippen molar-refractivity contribution in [3.05, 3.63) is 29.8 Å². The van der Waals surface area contributed by atoms with E-state index in [0.717, 1.165) is 17.7 Å². The van der Waals surface area contributed by atoms with E-state index in [9.17, 15) is 13.2 Å². The summed E-state index contributed by atoms with van der Waals surface area (Å²) in [5, 5.41) is 3.16. The van der Waals surface area contributed by atoms with Gasteiger partial charge in [-0.25, -0.2) is 0 Å². The van der Waals surface area contributed by atoms with Crippen LogP contribution in [0.2, 0.25) is 0 Å². The summed E-state index contributed by atoms with van der Waals surface area (Å²) >= 11 is 0. The third-order valence-electron chi connectivity index (χ3n) is 4.03. The Kier molecular flexibility index (Phi) is 5.14. The second-order valence-electron chi connectivity index (χ2n) is 6.08. The van der Waals surface area contributed by atoms with Crippen molar-refractivity contribution in [2.24, 2.45) is 5.92 Å². The summed E-state index contributed by atoms with van der Waals surface area (Å²) in [7, 11) is 3.91. The smallest absolute Gasteiger partial charge is 0.381 e. The summed E-state index contributed by atoms with van der Waals surface area (Å²) in [6.07, 6.45) is -1.77. The van der Waals surface area contributed by atoms with E-state index in [1.165, 1.54) is 0 Å². The molecule has 1 aromatic rings. The molecule has 0 saturated heterocycles. The van der Waals surface area contributed by atoms with E-state index in [0.29, 0.717) is 19.4 Å². The molecule has 0 amide bonds. The highest BCUT2D eigenvalue weighted by molar-refractivity contribution is 5.52. The van der Waals surface area contributed by atoms with Crippen molar-refractivity contribution in [3.63, 3.8) is 0 Å². The van der Waals surface area contributed by atoms with Crippen molar-refractivity contribution in [1.29, 1.82) is 0 Å². The highest BCUT2D eigenvalue weighted by Gasteiger charge is 2.45. The van der Waals surface area contributed by atoms with Crippen LogP contribution < -0.4 is 5.32 Å². The van der Waals surface area contributed by atoms with Gasteiger partial charge in [0.05, 0.1) is 5.92 Å². The number of hydrogen-bond donors (Lipinski definition) is 1. The first kappa shape index (κ1) is 16.1. The topological polar surface area (TPSA) is 15.3 Å². The molecule has 21 heavy (non-hydrogen) atoms. The molecule has 1 aliphatic carbocycles. The molecule has 2 atom stereocenters. The molecule has 2 nitrogen and oxygen atoms in total. The Balaban J connectivity index is 2.16. The molecule has 1 saturated carbocycles. The van der Waals surface area contributed by atoms with Crippen molar-refractivity contribution >= 4 is 5.69 Å². The predicted molar refractivity (Wildman–Crippen MR) is 79.3 cm³/mol. The number of nitrogens with zero attached hydrogens (tertiary/aromatic N) is 1. The molecule has 1 aliphatic rings. The molecule has 0 aromatic heterocycles. The third kappa shape index (κ3) is 4.37. The summed E-state index contributed by atoms with van der Waals surface area (Å²) in [4.78, 5) is 2.02. The second kappa shape index (κ2) is 6.69. The summed E-state index contributed by atoms with van der Waals surface area (Å²) in [6.45, 7) is 0.715. The van der Waals surface area contributed by atoms with Gasteiger partial charge in [-0.1, -0.05) is 31.0 Å². The molecule has 1 aromatic carbocycles. The summed E-state index contributed by atoms with van der Waals surface area (Å²) in [5.41, 5.74) is 1.86. The van der Waals surface area contributed by atoms with Crippen molar-refractivity contribution < 1.29 is 13.2 Å². The number of halogens is 3. The highest BCUT2D eigenvalue weighted by atomic mass is 19.4. The molecule has 5 heteroatoms. The van der Waals surface area contributed by atoms with E-state index in [1.807, 2.05) is 43.3 Å². The van der Waals surface area contributed by atoms with Gasteiger partial charge in [-0.15, -0.1) is 0 Å². The minimum atomic E-state index is -4.12. The van der Waals surface area contributed by atoms with Crippen LogP contribution in [0.15, 0.2) is 24.3 Å². The zero-order valence-corrected chi connectivity index (χ0v) is 12.6. The van der Waals surface area contributed by atoms with E-state index in [4.69, 9.17) is 0 Å². The van der Waals surface area contributed by atoms with Crippen LogP contribution in [0.1, 0.15) is 31.2 Å². The number of anilines is 1. The summed E-state index contributed by atoms with van der Waals surface area (Å²) in [6, 6.07) is 7.12. The standard InChI is InChI=1S/C16H23F3N2/c1-21(2)11-12-7-3-5-9-14(12)20-15-10-6-4-8-13(15)16(17,18)19/h3,5,7,9,13,15,20H,4,6,8,10-11H2,1-2H3. The number of benzene rings is 1. The van der Waals surface area contributed by atoms with Gasteiger partial charge in [0.1, 0.15) is 0 Å². The van der Waals surface area contributed by atoms with E-state index >= 15 is 0 Å². The van der Waals surface area contributed by atoms with Crippen LogP contribution in [0.4, 0.5) is 18.9 Å². The van der Waals surface area contributed by atoms with Gasteiger partial charge in [-0.3, -0.25) is 0 Å². The molecule has 1 N–H and O–H groups in total. The minimum Gasteiger partial charge on any atom is -0.381 e. The maximum atomic E-state index is 13.2. The first-order chi connectivity index (χ1) is 9.88. The van der Waals surface area contributed by atoms with Gasteiger partial charge < -0.3 is 10.2 Å². The second-order valence-corrected chi connectivity index (χ2v) is 6.08. The average molecular weight is 300 g/mol. The van der Waals surface area contributed by atoms with Crippen molar-refractivity contribution in [3.8, 4) is 0 Å². The molecular weight excluding hydrogens is 277 g/mol. The van der Waals surface area contributed by atoms with E-state index in [-0.39, 0.29) is 6.42 Å². The lowest BCUT2D eigenvalue weighted by Crippen LogP contribution is -2.41. The van der Waals surface area contributed by atoms with Gasteiger partial charge in [-0.2, -0.15) is 13.2 Å². The minimum absolute atomic E-state index is 0.233. The molecule has 118 valence electrons. The quantitative estimate of drug-likeness (QED) is 0.893. The lowest BCUT2D eigenvalue weighted by Gasteiger charge is -2.34. The molecule has 1 fully saturated rings. The average Bonchev–Trinajstić information content (AvgIpc) is 2.40. The lowest BCUT2D eigenvalue weighted by atomic mass is 9.83. The fourth-order valence-corrected chi connectivity index (χ4v) is 3.03. The van der Waals surface area contributed by atoms with Gasteiger partial charge in [0.15, 0.2) is 0 Å². The van der Waals surface area contributed by atoms with Gasteiger partial charge in [0, 0.05) is 18.3 Å². The maximum absolute atomic E-state index is 13.2. The van der Waals surface area contributed by atoms with Crippen LogP contribution in [-0.4, -0.2) is 31.2 Å². The van der Waals surface area contributed by atoms with Crippen molar-refractivity contribution in [2.45, 2.75) is 44.4 Å². The molecule has 0 heterocycles. The molecule has 0 radical (unpaired) electrons. The molecule has 2 unspecified atom stereocenters. The van der Waals surface area contributed by atoms with Crippen LogP contribution >= 0.6 is 0 Å². The number of para-hydroxylation sites is 1. The van der Waals surface area contributed by atoms with Crippen molar-refractivity contribution in [1.82, 2.24) is 4.90 Å². The normalized spacial score (nSPS) is 23.3.